The molecule has 0 N–H and O–H groups in total. The summed E-state index contributed by atoms with van der Waals surface area (Å²) in [6.07, 6.45) is 5.71. The Bertz CT molecular complexity index is 1170. The first kappa shape index (κ1) is 21.0. The van der Waals surface area contributed by atoms with Gasteiger partial charge in [0.2, 0.25) is 5.36 Å². The van der Waals surface area contributed by atoms with Crippen LogP contribution in [0.4, 0.5) is 11.4 Å². The SMILES string of the molecule is CCOC(=O)CCC[N+]1=c2cc3c(cc2CCC1)=Nc1cc2c(cc1O3)N(CC)CCC2. The lowest BCUT2D eigenvalue weighted by Crippen LogP contribution is -2.39. The van der Waals surface area contributed by atoms with Crippen LogP contribution in [0.1, 0.15) is 50.7 Å². The zero-order valence-electron chi connectivity index (χ0n) is 19.2. The van der Waals surface area contributed by atoms with Crippen molar-refractivity contribution in [3.8, 4) is 11.5 Å². The van der Waals surface area contributed by atoms with Crippen LogP contribution in [0.15, 0.2) is 29.3 Å². The minimum atomic E-state index is -0.113. The van der Waals surface area contributed by atoms with E-state index >= 15 is 0 Å². The number of aryl methyl sites for hydroxylation is 2. The van der Waals surface area contributed by atoms with E-state index in [1.54, 1.807) is 0 Å². The Hall–Kier alpha value is -2.89. The summed E-state index contributed by atoms with van der Waals surface area (Å²) in [5, 5.41) is 2.14. The second-order valence-corrected chi connectivity index (χ2v) is 8.79. The van der Waals surface area contributed by atoms with Crippen molar-refractivity contribution in [2.24, 2.45) is 4.99 Å². The highest BCUT2D eigenvalue weighted by atomic mass is 16.5. The number of esters is 1. The minimum absolute atomic E-state index is 0.113. The van der Waals surface area contributed by atoms with Crippen LogP contribution in [0.25, 0.3) is 0 Å². The van der Waals surface area contributed by atoms with Crippen LogP contribution < -0.4 is 24.9 Å². The molecule has 2 aromatic carbocycles. The fourth-order valence-electron chi connectivity index (χ4n) is 5.15. The van der Waals surface area contributed by atoms with Crippen LogP contribution in [0.5, 0.6) is 11.5 Å². The quantitative estimate of drug-likeness (QED) is 0.441. The number of benzene rings is 2. The van der Waals surface area contributed by atoms with Gasteiger partial charge in [-0.25, -0.2) is 9.57 Å². The molecule has 0 amide bonds. The maximum Gasteiger partial charge on any atom is 0.306 e. The van der Waals surface area contributed by atoms with Crippen molar-refractivity contribution in [2.45, 2.75) is 52.4 Å². The third-order valence-electron chi connectivity index (χ3n) is 6.71. The number of anilines is 1. The van der Waals surface area contributed by atoms with Gasteiger partial charge in [-0.1, -0.05) is 0 Å². The van der Waals surface area contributed by atoms with Crippen LogP contribution in [0.2, 0.25) is 0 Å². The fraction of sp³-hybridized carbons (Fsp3) is 0.500. The molecule has 3 aliphatic rings. The largest absolute Gasteiger partial charge is 0.466 e. The molecule has 2 aromatic rings. The van der Waals surface area contributed by atoms with Crippen molar-refractivity contribution in [1.82, 2.24) is 4.58 Å². The molecule has 0 aromatic heterocycles. The molecule has 0 unspecified atom stereocenters. The van der Waals surface area contributed by atoms with Crippen LogP contribution in [0.3, 0.4) is 0 Å². The highest BCUT2D eigenvalue weighted by Crippen LogP contribution is 2.41. The zero-order valence-corrected chi connectivity index (χ0v) is 19.2. The number of carbonyl (C=O) groups excluding carboxylic acids is 1. The molecule has 168 valence electrons. The second-order valence-electron chi connectivity index (χ2n) is 8.79. The summed E-state index contributed by atoms with van der Waals surface area (Å²) >= 11 is 0. The van der Waals surface area contributed by atoms with E-state index in [4.69, 9.17) is 14.5 Å². The molecule has 0 saturated carbocycles. The van der Waals surface area contributed by atoms with Gasteiger partial charge in [-0.05, 0) is 50.8 Å². The van der Waals surface area contributed by atoms with E-state index in [9.17, 15) is 4.79 Å². The number of rotatable bonds is 6. The molecule has 0 atom stereocenters. The molecule has 0 radical (unpaired) electrons. The van der Waals surface area contributed by atoms with E-state index in [2.05, 4.69) is 40.7 Å². The summed E-state index contributed by atoms with van der Waals surface area (Å²) in [7, 11) is 0. The predicted molar refractivity (Wildman–Crippen MR) is 125 cm³/mol. The molecule has 3 aliphatic heterocycles. The molecule has 0 saturated heterocycles. The Kier molecular flexibility index (Phi) is 5.85. The number of fused-ring (bicyclic) bond motifs is 4. The lowest BCUT2D eigenvalue weighted by Gasteiger charge is -2.31. The lowest BCUT2D eigenvalue weighted by molar-refractivity contribution is -0.143. The van der Waals surface area contributed by atoms with Crippen LogP contribution in [-0.2, 0) is 22.4 Å². The van der Waals surface area contributed by atoms with Gasteiger partial charge in [0.15, 0.2) is 11.5 Å². The summed E-state index contributed by atoms with van der Waals surface area (Å²) in [6, 6.07) is 8.74. The third-order valence-corrected chi connectivity index (χ3v) is 6.71. The highest BCUT2D eigenvalue weighted by Gasteiger charge is 2.24. The van der Waals surface area contributed by atoms with Gasteiger partial charge in [-0.2, -0.15) is 0 Å². The molecular formula is C26H32N3O3+. The van der Waals surface area contributed by atoms with Gasteiger partial charge in [-0.15, -0.1) is 0 Å². The van der Waals surface area contributed by atoms with Crippen molar-refractivity contribution in [1.29, 1.82) is 0 Å². The van der Waals surface area contributed by atoms with Gasteiger partial charge in [0, 0.05) is 43.2 Å². The maximum atomic E-state index is 11.7. The average Bonchev–Trinajstić information content (AvgIpc) is 2.80. The zero-order chi connectivity index (χ0) is 22.1. The van der Waals surface area contributed by atoms with Crippen molar-refractivity contribution in [3.63, 3.8) is 0 Å². The minimum Gasteiger partial charge on any atom is -0.466 e. The molecule has 5 rings (SSSR count). The van der Waals surface area contributed by atoms with Crippen molar-refractivity contribution in [3.05, 3.63) is 46.1 Å². The van der Waals surface area contributed by atoms with Crippen molar-refractivity contribution >= 4 is 17.3 Å². The maximum absolute atomic E-state index is 11.7. The summed E-state index contributed by atoms with van der Waals surface area (Å²) in [5.41, 5.74) is 4.92. The summed E-state index contributed by atoms with van der Waals surface area (Å²) in [5.74, 6) is 1.56. The monoisotopic (exact) mass is 434 g/mol. The number of carbonyl (C=O) groups is 1. The fourth-order valence-corrected chi connectivity index (χ4v) is 5.15. The standard InChI is InChI=1S/C26H32N3O3/c1-3-28-11-5-8-18-14-20-24(16-22(18)28)32-25-17-23-19(15-21(25)27-20)9-6-12-29(23)13-7-10-26(30)31-4-2/h14-17H,3-13H2,1-2H3/q+1. The average molecular weight is 435 g/mol. The number of hydrogen-bond acceptors (Lipinski definition) is 5. The van der Waals surface area contributed by atoms with Crippen LogP contribution >= 0.6 is 0 Å². The molecular weight excluding hydrogens is 402 g/mol. The summed E-state index contributed by atoms with van der Waals surface area (Å²) < 4.78 is 13.9. The number of hydrogen-bond donors (Lipinski definition) is 0. The molecule has 6 nitrogen and oxygen atoms in total. The number of ether oxygens (including phenoxy) is 2. The van der Waals surface area contributed by atoms with Crippen molar-refractivity contribution in [2.75, 3.05) is 37.7 Å². The van der Waals surface area contributed by atoms with E-state index in [1.165, 1.54) is 28.6 Å². The van der Waals surface area contributed by atoms with E-state index in [-0.39, 0.29) is 5.97 Å². The van der Waals surface area contributed by atoms with E-state index < -0.39 is 0 Å². The van der Waals surface area contributed by atoms with Gasteiger partial charge in [-0.3, -0.25) is 4.79 Å². The van der Waals surface area contributed by atoms with E-state index in [0.717, 1.165) is 74.4 Å². The normalized spacial score (nSPS) is 16.2. The highest BCUT2D eigenvalue weighted by molar-refractivity contribution is 5.69. The molecule has 6 heteroatoms. The predicted octanol–water partition coefficient (Wildman–Crippen LogP) is 3.30. The van der Waals surface area contributed by atoms with Crippen molar-refractivity contribution < 1.29 is 14.3 Å². The smallest absolute Gasteiger partial charge is 0.306 e. The first-order valence-electron chi connectivity index (χ1n) is 12.0. The van der Waals surface area contributed by atoms with Crippen LogP contribution in [0, 0.1) is 0 Å². The van der Waals surface area contributed by atoms with Crippen LogP contribution in [-0.4, -0.2) is 38.8 Å². The molecule has 3 heterocycles. The third kappa shape index (κ3) is 3.98. The summed E-state index contributed by atoms with van der Waals surface area (Å²) in [4.78, 5) is 19.1. The topological polar surface area (TPSA) is 54.1 Å². The summed E-state index contributed by atoms with van der Waals surface area (Å²) in [6.45, 7) is 8.45. The Balaban J connectivity index is 1.48. The molecule has 0 aliphatic carbocycles. The van der Waals surface area contributed by atoms with Gasteiger partial charge in [0.05, 0.1) is 19.1 Å². The van der Waals surface area contributed by atoms with E-state index in [0.29, 0.717) is 13.0 Å². The van der Waals surface area contributed by atoms with Gasteiger partial charge < -0.3 is 14.4 Å². The first-order chi connectivity index (χ1) is 15.7. The Morgan fingerprint density at radius 2 is 2.00 bits per heavy atom. The van der Waals surface area contributed by atoms with Gasteiger partial charge in [0.1, 0.15) is 24.1 Å². The second kappa shape index (κ2) is 8.93. The Morgan fingerprint density at radius 1 is 1.12 bits per heavy atom. The molecule has 0 fully saturated rings. The number of nitrogens with zero attached hydrogens (tertiary/aromatic N) is 3. The van der Waals surface area contributed by atoms with E-state index in [1.807, 2.05) is 6.92 Å². The molecule has 32 heavy (non-hydrogen) atoms. The van der Waals surface area contributed by atoms with Gasteiger partial charge >= 0.3 is 5.97 Å². The first-order valence-corrected chi connectivity index (χ1v) is 12.0. The molecule has 0 spiro atoms. The Labute approximate surface area is 189 Å². The van der Waals surface area contributed by atoms with Gasteiger partial charge in [0.25, 0.3) is 0 Å². The molecule has 0 bridgehead atoms. The lowest BCUT2D eigenvalue weighted by atomic mass is 10.00. The Morgan fingerprint density at radius 3 is 2.84 bits per heavy atom.